The van der Waals surface area contributed by atoms with Crippen LogP contribution in [0, 0.1) is 0 Å². The number of hydrogen-bond donors (Lipinski definition) is 2. The molecule has 2 rings (SSSR count). The lowest BCUT2D eigenvalue weighted by Gasteiger charge is -2.35. The highest BCUT2D eigenvalue weighted by Crippen LogP contribution is 2.14. The smallest absolute Gasteiger partial charge is 0.251 e. The molecule has 0 aliphatic carbocycles. The average molecular weight is 392 g/mol. The molecule has 1 aromatic carbocycles. The van der Waals surface area contributed by atoms with Crippen LogP contribution in [0.3, 0.4) is 0 Å². The van der Waals surface area contributed by atoms with Gasteiger partial charge in [0, 0.05) is 37.8 Å². The molecule has 1 aliphatic heterocycles. The molecular formula is C18H31Cl2N3O2. The second-order valence-electron chi connectivity index (χ2n) is 6.67. The van der Waals surface area contributed by atoms with Gasteiger partial charge in [0.25, 0.3) is 5.91 Å². The van der Waals surface area contributed by atoms with Crippen LogP contribution in [0.2, 0.25) is 0 Å². The maximum Gasteiger partial charge on any atom is 0.251 e. The van der Waals surface area contributed by atoms with Gasteiger partial charge in [-0.2, -0.15) is 0 Å². The molecule has 0 bridgehead atoms. The van der Waals surface area contributed by atoms with E-state index in [0.717, 1.165) is 26.1 Å². The Kier molecular flexibility index (Phi) is 11.3. The Bertz CT molecular complexity index is 502. The SMILES string of the molecule is CC(N)CCNC(=O)c1ccc(CN2CC(C)OC(C)C2)cc1.Cl.Cl. The maximum atomic E-state index is 12.0. The van der Waals surface area contributed by atoms with E-state index in [9.17, 15) is 4.79 Å². The Labute approximate surface area is 163 Å². The first-order chi connectivity index (χ1) is 10.9. The van der Waals surface area contributed by atoms with Crippen molar-refractivity contribution in [1.82, 2.24) is 10.2 Å². The molecule has 5 nitrogen and oxygen atoms in total. The largest absolute Gasteiger partial charge is 0.373 e. The molecule has 25 heavy (non-hydrogen) atoms. The number of rotatable bonds is 6. The van der Waals surface area contributed by atoms with Crippen LogP contribution < -0.4 is 11.1 Å². The monoisotopic (exact) mass is 391 g/mol. The highest BCUT2D eigenvalue weighted by molar-refractivity contribution is 5.94. The highest BCUT2D eigenvalue weighted by Gasteiger charge is 2.22. The van der Waals surface area contributed by atoms with E-state index < -0.39 is 0 Å². The van der Waals surface area contributed by atoms with Crippen molar-refractivity contribution in [1.29, 1.82) is 0 Å². The van der Waals surface area contributed by atoms with Crippen molar-refractivity contribution in [3.8, 4) is 0 Å². The first-order valence-corrected chi connectivity index (χ1v) is 8.44. The summed E-state index contributed by atoms with van der Waals surface area (Å²) in [5.74, 6) is -0.0363. The standard InChI is InChI=1S/C18H29N3O2.2ClH/c1-13(19)8-9-20-18(22)17-6-4-16(5-7-17)12-21-10-14(2)23-15(3)11-21;;/h4-7,13-15H,8-12,19H2,1-3H3,(H,20,22);2*1H. The van der Waals surface area contributed by atoms with Crippen molar-refractivity contribution < 1.29 is 9.53 Å². The molecule has 0 aromatic heterocycles. The maximum absolute atomic E-state index is 12.0. The fourth-order valence-corrected chi connectivity index (χ4v) is 2.95. The minimum atomic E-state index is -0.0363. The topological polar surface area (TPSA) is 67.6 Å². The van der Waals surface area contributed by atoms with Gasteiger partial charge in [0.1, 0.15) is 0 Å². The second kappa shape index (κ2) is 11.7. The number of nitrogens with one attached hydrogen (secondary N) is 1. The summed E-state index contributed by atoms with van der Waals surface area (Å²) >= 11 is 0. The Morgan fingerprint density at radius 3 is 2.32 bits per heavy atom. The zero-order valence-electron chi connectivity index (χ0n) is 15.2. The Morgan fingerprint density at radius 1 is 1.24 bits per heavy atom. The lowest BCUT2D eigenvalue weighted by molar-refractivity contribution is -0.0704. The van der Waals surface area contributed by atoms with E-state index in [4.69, 9.17) is 10.5 Å². The van der Waals surface area contributed by atoms with Gasteiger partial charge >= 0.3 is 0 Å². The van der Waals surface area contributed by atoms with Gasteiger partial charge < -0.3 is 15.8 Å². The predicted octanol–water partition coefficient (Wildman–Crippen LogP) is 2.61. The van der Waals surface area contributed by atoms with Crippen LogP contribution in [0.5, 0.6) is 0 Å². The highest BCUT2D eigenvalue weighted by atomic mass is 35.5. The van der Waals surface area contributed by atoms with Gasteiger partial charge in [-0.25, -0.2) is 0 Å². The van der Waals surface area contributed by atoms with Crippen molar-refractivity contribution in [2.75, 3.05) is 19.6 Å². The number of hydrogen-bond acceptors (Lipinski definition) is 4. The van der Waals surface area contributed by atoms with Gasteiger partial charge in [-0.1, -0.05) is 12.1 Å². The van der Waals surface area contributed by atoms with E-state index in [1.54, 1.807) is 0 Å². The zero-order chi connectivity index (χ0) is 16.8. The third kappa shape index (κ3) is 8.38. The summed E-state index contributed by atoms with van der Waals surface area (Å²) in [7, 11) is 0. The van der Waals surface area contributed by atoms with Crippen molar-refractivity contribution in [3.63, 3.8) is 0 Å². The molecule has 7 heteroatoms. The molecule has 3 N–H and O–H groups in total. The summed E-state index contributed by atoms with van der Waals surface area (Å²) in [5, 5.41) is 2.90. The van der Waals surface area contributed by atoms with Crippen molar-refractivity contribution in [2.45, 2.75) is 52.0 Å². The van der Waals surface area contributed by atoms with E-state index in [2.05, 4.69) is 24.1 Å². The molecule has 144 valence electrons. The number of carbonyl (C=O) groups is 1. The average Bonchev–Trinajstić information content (AvgIpc) is 2.46. The summed E-state index contributed by atoms with van der Waals surface area (Å²) in [4.78, 5) is 14.4. The first-order valence-electron chi connectivity index (χ1n) is 8.44. The van der Waals surface area contributed by atoms with Gasteiger partial charge in [0.05, 0.1) is 12.2 Å². The normalized spacial score (nSPS) is 21.6. The number of nitrogens with zero attached hydrogens (tertiary/aromatic N) is 1. The fraction of sp³-hybridized carbons (Fsp3) is 0.611. The van der Waals surface area contributed by atoms with Crippen LogP contribution in [0.15, 0.2) is 24.3 Å². The minimum Gasteiger partial charge on any atom is -0.373 e. The van der Waals surface area contributed by atoms with Gasteiger partial charge in [-0.05, 0) is 44.9 Å². The lowest BCUT2D eigenvalue weighted by Crippen LogP contribution is -2.44. The quantitative estimate of drug-likeness (QED) is 0.781. The molecule has 1 amide bonds. The number of benzene rings is 1. The molecule has 1 fully saturated rings. The molecule has 1 aromatic rings. The molecule has 0 saturated carbocycles. The van der Waals surface area contributed by atoms with Crippen LogP contribution in [0.25, 0.3) is 0 Å². The van der Waals surface area contributed by atoms with E-state index >= 15 is 0 Å². The second-order valence-corrected chi connectivity index (χ2v) is 6.67. The summed E-state index contributed by atoms with van der Waals surface area (Å²) in [6.07, 6.45) is 1.33. The summed E-state index contributed by atoms with van der Waals surface area (Å²) < 4.78 is 5.76. The number of nitrogens with two attached hydrogens (primary N) is 1. The Balaban J connectivity index is 0.00000288. The molecule has 1 aliphatic rings. The predicted molar refractivity (Wildman–Crippen MR) is 107 cm³/mol. The lowest BCUT2D eigenvalue weighted by atomic mass is 10.1. The molecule has 3 atom stereocenters. The molecule has 0 spiro atoms. The summed E-state index contributed by atoms with van der Waals surface area (Å²) in [6.45, 7) is 9.56. The molecule has 1 saturated heterocycles. The summed E-state index contributed by atoms with van der Waals surface area (Å²) in [6, 6.07) is 7.96. The van der Waals surface area contributed by atoms with E-state index in [0.29, 0.717) is 12.1 Å². The van der Waals surface area contributed by atoms with Gasteiger partial charge in [-0.3, -0.25) is 9.69 Å². The van der Waals surface area contributed by atoms with Crippen molar-refractivity contribution in [3.05, 3.63) is 35.4 Å². The minimum absolute atomic E-state index is 0. The van der Waals surface area contributed by atoms with E-state index in [1.807, 2.05) is 31.2 Å². The molecular weight excluding hydrogens is 361 g/mol. The van der Waals surface area contributed by atoms with Gasteiger partial charge in [0.15, 0.2) is 0 Å². The van der Waals surface area contributed by atoms with Crippen LogP contribution in [-0.4, -0.2) is 48.7 Å². The first kappa shape index (κ1) is 24.1. The number of carbonyl (C=O) groups excluding carboxylic acids is 1. The van der Waals surface area contributed by atoms with E-state index in [1.165, 1.54) is 5.56 Å². The fourth-order valence-electron chi connectivity index (χ4n) is 2.95. The number of morpholine rings is 1. The summed E-state index contributed by atoms with van der Waals surface area (Å²) in [5.41, 5.74) is 7.60. The van der Waals surface area contributed by atoms with Crippen LogP contribution in [0.4, 0.5) is 0 Å². The number of amides is 1. The van der Waals surface area contributed by atoms with Crippen LogP contribution in [-0.2, 0) is 11.3 Å². The molecule has 3 unspecified atom stereocenters. The van der Waals surface area contributed by atoms with Crippen LogP contribution >= 0.6 is 24.8 Å². The third-order valence-electron chi connectivity index (χ3n) is 4.00. The zero-order valence-corrected chi connectivity index (χ0v) is 16.9. The Morgan fingerprint density at radius 2 is 1.80 bits per heavy atom. The third-order valence-corrected chi connectivity index (χ3v) is 4.00. The van der Waals surface area contributed by atoms with Gasteiger partial charge in [0.2, 0.25) is 0 Å². The van der Waals surface area contributed by atoms with Crippen molar-refractivity contribution in [2.24, 2.45) is 5.73 Å². The van der Waals surface area contributed by atoms with Crippen molar-refractivity contribution >= 4 is 30.7 Å². The van der Waals surface area contributed by atoms with Gasteiger partial charge in [-0.15, -0.1) is 24.8 Å². The molecule has 1 heterocycles. The van der Waals surface area contributed by atoms with Crippen LogP contribution in [0.1, 0.15) is 43.1 Å². The molecule has 0 radical (unpaired) electrons. The number of ether oxygens (including phenoxy) is 1. The Hall–Kier alpha value is -0.850. The number of halogens is 2. The van der Waals surface area contributed by atoms with E-state index in [-0.39, 0.29) is 49.0 Å².